The van der Waals surface area contributed by atoms with Crippen molar-refractivity contribution in [2.75, 3.05) is 5.01 Å². The summed E-state index contributed by atoms with van der Waals surface area (Å²) in [5.41, 5.74) is 4.01. The van der Waals surface area contributed by atoms with Gasteiger partial charge in [0.1, 0.15) is 5.69 Å². The summed E-state index contributed by atoms with van der Waals surface area (Å²) in [7, 11) is 0. The van der Waals surface area contributed by atoms with Crippen molar-refractivity contribution < 1.29 is 18.0 Å². The van der Waals surface area contributed by atoms with Crippen LogP contribution in [0.1, 0.15) is 23.7 Å². The van der Waals surface area contributed by atoms with Gasteiger partial charge in [0.05, 0.1) is 11.3 Å². The Kier molecular flexibility index (Phi) is 5.05. The minimum Gasteiger partial charge on any atom is -0.340 e. The Hall–Kier alpha value is -3.61. The molecule has 0 radical (unpaired) electrons. The van der Waals surface area contributed by atoms with Gasteiger partial charge in [-0.15, -0.1) is 6.58 Å². The van der Waals surface area contributed by atoms with E-state index < -0.39 is 29.0 Å². The standard InChI is InChI=1S/C24H20F3N3O/c1-5-8-29-15(4)17(18-9-13(2)6-7-22(18)29)10-16-14(3)28-30(24(16)31)23-12-20(26)19(25)11-21(23)27/h5-7,9-12H,1,8H2,2-4H3/b16-10+. The summed E-state index contributed by atoms with van der Waals surface area (Å²) in [6.07, 6.45) is 3.51. The Balaban J connectivity index is 1.85. The molecule has 0 bridgehead atoms. The number of carbonyl (C=O) groups is 1. The largest absolute Gasteiger partial charge is 0.340 e. The first kappa shape index (κ1) is 20.7. The predicted octanol–water partition coefficient (Wildman–Crippen LogP) is 5.67. The number of carbonyl (C=O) groups excluding carboxylic acids is 1. The average Bonchev–Trinajstić information content (AvgIpc) is 3.14. The number of amides is 1. The van der Waals surface area contributed by atoms with Crippen LogP contribution in [0.4, 0.5) is 18.9 Å². The SMILES string of the molecule is C=CCn1c(C)c(/C=C2/C(=O)N(c3cc(F)c(F)cc3F)N=C2C)c2cc(C)ccc21. The number of allylic oxidation sites excluding steroid dienone is 1. The van der Waals surface area contributed by atoms with Crippen molar-refractivity contribution in [3.05, 3.63) is 82.8 Å². The minimum atomic E-state index is -1.33. The van der Waals surface area contributed by atoms with E-state index in [1.165, 1.54) is 0 Å². The fraction of sp³-hybridized carbons (Fsp3) is 0.167. The normalized spacial score (nSPS) is 15.3. The number of hydrogen-bond acceptors (Lipinski definition) is 2. The highest BCUT2D eigenvalue weighted by molar-refractivity contribution is 6.32. The molecule has 3 aromatic rings. The summed E-state index contributed by atoms with van der Waals surface area (Å²) in [5.74, 6) is -4.27. The van der Waals surface area contributed by atoms with Crippen LogP contribution >= 0.6 is 0 Å². The second-order valence-corrected chi connectivity index (χ2v) is 7.50. The molecule has 0 saturated carbocycles. The third-order valence-electron chi connectivity index (χ3n) is 5.41. The third-order valence-corrected chi connectivity index (χ3v) is 5.41. The Morgan fingerprint density at radius 1 is 1.03 bits per heavy atom. The van der Waals surface area contributed by atoms with Crippen molar-refractivity contribution in [3.63, 3.8) is 0 Å². The summed E-state index contributed by atoms with van der Waals surface area (Å²) in [6.45, 7) is 9.96. The van der Waals surface area contributed by atoms with Crippen LogP contribution in [0.5, 0.6) is 0 Å². The van der Waals surface area contributed by atoms with E-state index in [0.717, 1.165) is 32.7 Å². The van der Waals surface area contributed by atoms with E-state index in [0.29, 0.717) is 24.4 Å². The van der Waals surface area contributed by atoms with E-state index in [4.69, 9.17) is 0 Å². The summed E-state index contributed by atoms with van der Waals surface area (Å²) in [4.78, 5) is 13.1. The molecule has 4 nitrogen and oxygen atoms in total. The van der Waals surface area contributed by atoms with Crippen LogP contribution in [0.2, 0.25) is 0 Å². The van der Waals surface area contributed by atoms with E-state index in [1.807, 2.05) is 32.0 Å². The van der Waals surface area contributed by atoms with Gasteiger partial charge in [-0.3, -0.25) is 4.79 Å². The number of nitrogens with zero attached hydrogens (tertiary/aromatic N) is 3. The lowest BCUT2D eigenvalue weighted by Gasteiger charge is -2.13. The molecule has 0 aliphatic carbocycles. The molecule has 1 aromatic heterocycles. The maximum Gasteiger partial charge on any atom is 0.280 e. The van der Waals surface area contributed by atoms with Crippen LogP contribution in [0.3, 0.4) is 0 Å². The van der Waals surface area contributed by atoms with Gasteiger partial charge in [0.15, 0.2) is 17.5 Å². The zero-order chi connectivity index (χ0) is 22.4. The molecule has 2 aromatic carbocycles. The van der Waals surface area contributed by atoms with Crippen LogP contribution in [-0.2, 0) is 11.3 Å². The fourth-order valence-corrected chi connectivity index (χ4v) is 3.83. The summed E-state index contributed by atoms with van der Waals surface area (Å²) < 4.78 is 43.3. The molecule has 0 unspecified atom stereocenters. The Bertz CT molecular complexity index is 1320. The number of fused-ring (bicyclic) bond motifs is 1. The van der Waals surface area contributed by atoms with Gasteiger partial charge in [0.25, 0.3) is 5.91 Å². The van der Waals surface area contributed by atoms with Gasteiger partial charge >= 0.3 is 0 Å². The lowest BCUT2D eigenvalue weighted by atomic mass is 10.0. The molecule has 4 rings (SSSR count). The molecule has 31 heavy (non-hydrogen) atoms. The van der Waals surface area contributed by atoms with Crippen LogP contribution in [0.25, 0.3) is 17.0 Å². The van der Waals surface area contributed by atoms with E-state index in [2.05, 4.69) is 16.2 Å². The fourth-order valence-electron chi connectivity index (χ4n) is 3.83. The number of aromatic nitrogens is 1. The number of benzene rings is 2. The molecule has 0 saturated heterocycles. The number of aryl methyl sites for hydroxylation is 1. The minimum absolute atomic E-state index is 0.256. The molecule has 158 valence electrons. The molecule has 0 fully saturated rings. The molecule has 2 heterocycles. The van der Waals surface area contributed by atoms with Crippen molar-refractivity contribution in [1.82, 2.24) is 4.57 Å². The van der Waals surface area contributed by atoms with Crippen molar-refractivity contribution >= 4 is 34.3 Å². The number of halogens is 3. The third kappa shape index (κ3) is 3.36. The maximum atomic E-state index is 14.2. The molecule has 1 aliphatic rings. The number of rotatable bonds is 4. The van der Waals surface area contributed by atoms with Crippen LogP contribution in [0, 0.1) is 31.3 Å². The number of hydrogen-bond donors (Lipinski definition) is 0. The van der Waals surface area contributed by atoms with Gasteiger partial charge in [0, 0.05) is 40.8 Å². The molecule has 1 aliphatic heterocycles. The smallest absolute Gasteiger partial charge is 0.280 e. The van der Waals surface area contributed by atoms with Crippen molar-refractivity contribution in [3.8, 4) is 0 Å². The van der Waals surface area contributed by atoms with Gasteiger partial charge in [-0.2, -0.15) is 10.1 Å². The van der Waals surface area contributed by atoms with Crippen LogP contribution in [0.15, 0.2) is 53.7 Å². The zero-order valence-electron chi connectivity index (χ0n) is 17.3. The first-order valence-corrected chi connectivity index (χ1v) is 9.69. The first-order chi connectivity index (χ1) is 14.7. The summed E-state index contributed by atoms with van der Waals surface area (Å²) >= 11 is 0. The lowest BCUT2D eigenvalue weighted by molar-refractivity contribution is -0.114. The van der Waals surface area contributed by atoms with Gasteiger partial charge in [-0.05, 0) is 39.0 Å². The van der Waals surface area contributed by atoms with Crippen LogP contribution in [-0.4, -0.2) is 16.2 Å². The van der Waals surface area contributed by atoms with Gasteiger partial charge < -0.3 is 4.57 Å². The maximum absolute atomic E-state index is 14.2. The zero-order valence-corrected chi connectivity index (χ0v) is 17.3. The second-order valence-electron chi connectivity index (χ2n) is 7.50. The van der Waals surface area contributed by atoms with Gasteiger partial charge in [-0.1, -0.05) is 17.7 Å². The quantitative estimate of drug-likeness (QED) is 0.303. The van der Waals surface area contributed by atoms with E-state index >= 15 is 0 Å². The average molecular weight is 423 g/mol. The van der Waals surface area contributed by atoms with Crippen molar-refractivity contribution in [2.45, 2.75) is 27.3 Å². The molecule has 7 heteroatoms. The van der Waals surface area contributed by atoms with E-state index in [1.54, 1.807) is 19.1 Å². The van der Waals surface area contributed by atoms with Crippen molar-refractivity contribution in [2.24, 2.45) is 5.10 Å². The first-order valence-electron chi connectivity index (χ1n) is 9.69. The molecular weight excluding hydrogens is 403 g/mol. The molecular formula is C24H20F3N3O. The lowest BCUT2D eigenvalue weighted by Crippen LogP contribution is -2.22. The molecule has 0 atom stereocenters. The van der Waals surface area contributed by atoms with E-state index in [-0.39, 0.29) is 5.57 Å². The molecule has 0 spiro atoms. The van der Waals surface area contributed by atoms with E-state index in [9.17, 15) is 18.0 Å². The number of anilines is 1. The van der Waals surface area contributed by atoms with Gasteiger partial charge in [0.2, 0.25) is 0 Å². The highest BCUT2D eigenvalue weighted by Gasteiger charge is 2.32. The predicted molar refractivity (Wildman–Crippen MR) is 116 cm³/mol. The summed E-state index contributed by atoms with van der Waals surface area (Å²) in [6, 6.07) is 7.10. The number of hydrazone groups is 1. The molecule has 1 amide bonds. The molecule has 0 N–H and O–H groups in total. The highest BCUT2D eigenvalue weighted by atomic mass is 19.2. The Morgan fingerprint density at radius 3 is 2.45 bits per heavy atom. The second kappa shape index (κ2) is 7.58. The topological polar surface area (TPSA) is 37.6 Å². The highest BCUT2D eigenvalue weighted by Crippen LogP contribution is 2.33. The van der Waals surface area contributed by atoms with Crippen molar-refractivity contribution in [1.29, 1.82) is 0 Å². The van der Waals surface area contributed by atoms with Crippen LogP contribution < -0.4 is 5.01 Å². The Labute approximate surface area is 177 Å². The van der Waals surface area contributed by atoms with Gasteiger partial charge in [-0.25, -0.2) is 13.2 Å². The Morgan fingerprint density at radius 2 is 1.74 bits per heavy atom. The summed E-state index contributed by atoms with van der Waals surface area (Å²) in [5, 5.41) is 5.83. The monoisotopic (exact) mass is 423 g/mol.